The Morgan fingerprint density at radius 3 is 1.69 bits per heavy atom. The van der Waals surface area contributed by atoms with Crippen molar-refractivity contribution in [3.05, 3.63) is 29.3 Å². The molecule has 0 atom stereocenters. The molecular weight excluding hydrogens is 162 g/mol. The van der Waals surface area contributed by atoms with Gasteiger partial charge in [0.05, 0.1) is 0 Å². The smallest absolute Gasteiger partial charge is 0.0319 e. The Morgan fingerprint density at radius 2 is 1.31 bits per heavy atom. The molecule has 6 N–H and O–H groups in total. The molecule has 0 aliphatic carbocycles. The first-order chi connectivity index (χ1) is 6.26. The Morgan fingerprint density at radius 1 is 0.846 bits per heavy atom. The molecule has 0 fully saturated rings. The van der Waals surface area contributed by atoms with Crippen molar-refractivity contribution in [2.24, 2.45) is 11.5 Å². The molecule has 72 valence electrons. The van der Waals surface area contributed by atoms with E-state index in [-0.39, 0.29) is 0 Å². The second-order valence-corrected chi connectivity index (χ2v) is 3.16. The summed E-state index contributed by atoms with van der Waals surface area (Å²) in [6, 6.07) is 6.05. The highest BCUT2D eigenvalue weighted by atomic mass is 14.6. The van der Waals surface area contributed by atoms with Gasteiger partial charge >= 0.3 is 0 Å². The van der Waals surface area contributed by atoms with E-state index >= 15 is 0 Å². The van der Waals surface area contributed by atoms with Crippen molar-refractivity contribution in [1.29, 1.82) is 0 Å². The minimum absolute atomic E-state index is 0.658. The predicted molar refractivity (Wildman–Crippen MR) is 56.4 cm³/mol. The topological polar surface area (TPSA) is 78.1 Å². The van der Waals surface area contributed by atoms with Crippen molar-refractivity contribution in [3.63, 3.8) is 0 Å². The number of anilines is 1. The van der Waals surface area contributed by atoms with Crippen LogP contribution in [0.5, 0.6) is 0 Å². The minimum Gasteiger partial charge on any atom is -0.399 e. The average molecular weight is 179 g/mol. The van der Waals surface area contributed by atoms with E-state index in [1.165, 1.54) is 11.1 Å². The van der Waals surface area contributed by atoms with Gasteiger partial charge in [0, 0.05) is 5.69 Å². The molecule has 0 bridgehead atoms. The lowest BCUT2D eigenvalue weighted by Crippen LogP contribution is -2.06. The van der Waals surface area contributed by atoms with Crippen molar-refractivity contribution in [3.8, 4) is 0 Å². The maximum absolute atomic E-state index is 5.74. The van der Waals surface area contributed by atoms with Crippen molar-refractivity contribution in [1.82, 2.24) is 0 Å². The third kappa shape index (κ3) is 3.05. The number of nitrogen functional groups attached to an aromatic ring is 1. The maximum atomic E-state index is 5.74. The van der Waals surface area contributed by atoms with Gasteiger partial charge in [0.25, 0.3) is 0 Å². The van der Waals surface area contributed by atoms with Gasteiger partial charge in [0.1, 0.15) is 0 Å². The van der Waals surface area contributed by atoms with Crippen LogP contribution in [0.25, 0.3) is 0 Å². The zero-order chi connectivity index (χ0) is 9.68. The quantitative estimate of drug-likeness (QED) is 0.581. The monoisotopic (exact) mass is 179 g/mol. The summed E-state index contributed by atoms with van der Waals surface area (Å²) in [5.41, 5.74) is 19.9. The van der Waals surface area contributed by atoms with Crippen molar-refractivity contribution >= 4 is 5.69 Å². The number of hydrogen-bond acceptors (Lipinski definition) is 3. The molecule has 13 heavy (non-hydrogen) atoms. The first-order valence-electron chi connectivity index (χ1n) is 4.54. The molecule has 0 radical (unpaired) electrons. The lowest BCUT2D eigenvalue weighted by atomic mass is 10.0. The van der Waals surface area contributed by atoms with E-state index in [0.29, 0.717) is 13.1 Å². The molecule has 3 nitrogen and oxygen atoms in total. The van der Waals surface area contributed by atoms with E-state index in [2.05, 4.69) is 6.07 Å². The van der Waals surface area contributed by atoms with E-state index in [1.54, 1.807) is 0 Å². The van der Waals surface area contributed by atoms with Crippen LogP contribution >= 0.6 is 0 Å². The Labute approximate surface area is 78.9 Å². The highest BCUT2D eigenvalue weighted by Gasteiger charge is 1.97. The molecule has 0 saturated carbocycles. The standard InChI is InChI=1S/C10H17N3/c11-3-1-8-5-9(2-4-12)7-10(13)6-8/h5-7H,1-4,11-13H2. The van der Waals surface area contributed by atoms with Crippen LogP contribution in [0.2, 0.25) is 0 Å². The zero-order valence-electron chi connectivity index (χ0n) is 7.79. The van der Waals surface area contributed by atoms with Gasteiger partial charge in [-0.15, -0.1) is 0 Å². The van der Waals surface area contributed by atoms with Gasteiger partial charge < -0.3 is 17.2 Å². The largest absolute Gasteiger partial charge is 0.399 e. The summed E-state index contributed by atoms with van der Waals surface area (Å²) in [7, 11) is 0. The summed E-state index contributed by atoms with van der Waals surface area (Å²) in [6.45, 7) is 1.32. The Hall–Kier alpha value is -1.06. The molecule has 0 unspecified atom stereocenters. The lowest BCUT2D eigenvalue weighted by molar-refractivity contribution is 0.941. The maximum Gasteiger partial charge on any atom is 0.0319 e. The van der Waals surface area contributed by atoms with E-state index in [9.17, 15) is 0 Å². The van der Waals surface area contributed by atoms with E-state index < -0.39 is 0 Å². The van der Waals surface area contributed by atoms with Crippen LogP contribution in [0.4, 0.5) is 5.69 Å². The molecular formula is C10H17N3. The molecule has 1 aromatic rings. The van der Waals surface area contributed by atoms with E-state index in [1.807, 2.05) is 12.1 Å². The van der Waals surface area contributed by atoms with E-state index in [4.69, 9.17) is 17.2 Å². The van der Waals surface area contributed by atoms with Crippen LogP contribution in [0, 0.1) is 0 Å². The SMILES string of the molecule is NCCc1cc(N)cc(CCN)c1. The highest BCUT2D eigenvalue weighted by Crippen LogP contribution is 2.12. The second-order valence-electron chi connectivity index (χ2n) is 3.16. The molecule has 0 aliphatic rings. The molecule has 1 aromatic carbocycles. The van der Waals surface area contributed by atoms with Crippen LogP contribution in [0.15, 0.2) is 18.2 Å². The molecule has 0 aromatic heterocycles. The van der Waals surface area contributed by atoms with Crippen molar-refractivity contribution in [2.45, 2.75) is 12.8 Å². The Kier molecular flexibility index (Phi) is 3.73. The fraction of sp³-hybridized carbons (Fsp3) is 0.400. The van der Waals surface area contributed by atoms with E-state index in [0.717, 1.165) is 18.5 Å². The number of rotatable bonds is 4. The number of benzene rings is 1. The first kappa shape index (κ1) is 10.0. The third-order valence-electron chi connectivity index (χ3n) is 1.94. The van der Waals surface area contributed by atoms with Gasteiger partial charge in [0.2, 0.25) is 0 Å². The summed E-state index contributed by atoms with van der Waals surface area (Å²) >= 11 is 0. The summed E-state index contributed by atoms with van der Waals surface area (Å²) < 4.78 is 0. The Bertz CT molecular complexity index is 247. The molecule has 0 aliphatic heterocycles. The van der Waals surface area contributed by atoms with Crippen molar-refractivity contribution < 1.29 is 0 Å². The lowest BCUT2D eigenvalue weighted by Gasteiger charge is -2.05. The van der Waals surface area contributed by atoms with Crippen LogP contribution in [-0.4, -0.2) is 13.1 Å². The highest BCUT2D eigenvalue weighted by molar-refractivity contribution is 5.44. The number of nitrogens with two attached hydrogens (primary N) is 3. The molecule has 0 spiro atoms. The Balaban J connectivity index is 2.83. The minimum atomic E-state index is 0.658. The van der Waals surface area contributed by atoms with Gasteiger partial charge in [0.15, 0.2) is 0 Å². The van der Waals surface area contributed by atoms with Crippen LogP contribution in [0.3, 0.4) is 0 Å². The fourth-order valence-corrected chi connectivity index (χ4v) is 1.41. The second kappa shape index (κ2) is 4.84. The molecule has 0 saturated heterocycles. The van der Waals surface area contributed by atoms with Crippen LogP contribution < -0.4 is 17.2 Å². The zero-order valence-corrected chi connectivity index (χ0v) is 7.79. The van der Waals surface area contributed by atoms with Gasteiger partial charge in [-0.2, -0.15) is 0 Å². The fourth-order valence-electron chi connectivity index (χ4n) is 1.41. The number of hydrogen-bond donors (Lipinski definition) is 3. The van der Waals surface area contributed by atoms with Gasteiger partial charge in [-0.25, -0.2) is 0 Å². The molecule has 0 amide bonds. The van der Waals surface area contributed by atoms with Gasteiger partial charge in [-0.1, -0.05) is 6.07 Å². The van der Waals surface area contributed by atoms with Crippen LogP contribution in [0.1, 0.15) is 11.1 Å². The van der Waals surface area contributed by atoms with Gasteiger partial charge in [-0.3, -0.25) is 0 Å². The summed E-state index contributed by atoms with van der Waals surface area (Å²) in [5, 5.41) is 0. The first-order valence-corrected chi connectivity index (χ1v) is 4.54. The average Bonchev–Trinajstić information content (AvgIpc) is 2.04. The summed E-state index contributed by atoms with van der Waals surface area (Å²) in [6.07, 6.45) is 1.76. The molecule has 3 heteroatoms. The molecule has 0 heterocycles. The predicted octanol–water partition coefficient (Wildman–Crippen LogP) is 0.271. The molecule has 1 rings (SSSR count). The normalized spacial score (nSPS) is 10.3. The van der Waals surface area contributed by atoms with Crippen LogP contribution in [-0.2, 0) is 12.8 Å². The third-order valence-corrected chi connectivity index (χ3v) is 1.94. The van der Waals surface area contributed by atoms with Gasteiger partial charge in [-0.05, 0) is 49.2 Å². The summed E-state index contributed by atoms with van der Waals surface area (Å²) in [4.78, 5) is 0. The summed E-state index contributed by atoms with van der Waals surface area (Å²) in [5.74, 6) is 0. The van der Waals surface area contributed by atoms with Crippen molar-refractivity contribution in [2.75, 3.05) is 18.8 Å².